The molecule has 1 aromatic heterocycles. The molecule has 4 heteroatoms. The van der Waals surface area contributed by atoms with E-state index in [4.69, 9.17) is 9.47 Å². The third kappa shape index (κ3) is 2.47. The van der Waals surface area contributed by atoms with Gasteiger partial charge in [-0.1, -0.05) is 12.1 Å². The summed E-state index contributed by atoms with van der Waals surface area (Å²) >= 11 is 0. The highest BCUT2D eigenvalue weighted by atomic mass is 16.5. The molecular weight excluding hydrogens is 242 g/mol. The molecule has 0 unspecified atom stereocenters. The number of carbonyl (C=O) groups excluding carboxylic acids is 1. The van der Waals surface area contributed by atoms with Crippen LogP contribution in [-0.2, 0) is 11.3 Å². The Morgan fingerprint density at radius 2 is 2.00 bits per heavy atom. The summed E-state index contributed by atoms with van der Waals surface area (Å²) in [6.45, 7) is 2.69. The molecule has 0 atom stereocenters. The first-order valence-electron chi connectivity index (χ1n) is 6.13. The van der Waals surface area contributed by atoms with Gasteiger partial charge in [0.05, 0.1) is 14.2 Å². The van der Waals surface area contributed by atoms with E-state index in [0.717, 1.165) is 17.0 Å². The smallest absolute Gasteiger partial charge is 0.354 e. The van der Waals surface area contributed by atoms with Crippen molar-refractivity contribution in [3.8, 4) is 17.0 Å². The molecule has 1 heterocycles. The number of esters is 1. The molecule has 0 aliphatic rings. The van der Waals surface area contributed by atoms with Crippen molar-refractivity contribution in [2.24, 2.45) is 0 Å². The van der Waals surface area contributed by atoms with E-state index in [-0.39, 0.29) is 5.97 Å². The van der Waals surface area contributed by atoms with Crippen LogP contribution < -0.4 is 4.74 Å². The minimum atomic E-state index is -0.323. The lowest BCUT2D eigenvalue weighted by atomic mass is 10.1. The Bertz CT molecular complexity index is 587. The van der Waals surface area contributed by atoms with Crippen molar-refractivity contribution in [1.29, 1.82) is 0 Å². The van der Waals surface area contributed by atoms with Gasteiger partial charge in [-0.15, -0.1) is 0 Å². The second kappa shape index (κ2) is 5.61. The van der Waals surface area contributed by atoms with Crippen LogP contribution in [0.4, 0.5) is 0 Å². The second-order valence-corrected chi connectivity index (χ2v) is 4.07. The topological polar surface area (TPSA) is 40.5 Å². The Labute approximate surface area is 112 Å². The van der Waals surface area contributed by atoms with Crippen LogP contribution >= 0.6 is 0 Å². The summed E-state index contributed by atoms with van der Waals surface area (Å²) in [5, 5.41) is 0. The molecular formula is C15H17NO3. The summed E-state index contributed by atoms with van der Waals surface area (Å²) in [6, 6.07) is 11.5. The van der Waals surface area contributed by atoms with Gasteiger partial charge in [0.25, 0.3) is 0 Å². The van der Waals surface area contributed by atoms with Crippen LogP contribution in [0.2, 0.25) is 0 Å². The van der Waals surface area contributed by atoms with Gasteiger partial charge in [0.2, 0.25) is 0 Å². The number of hydrogen-bond donors (Lipinski definition) is 0. The minimum absolute atomic E-state index is 0.323. The van der Waals surface area contributed by atoms with Gasteiger partial charge in [0, 0.05) is 17.8 Å². The van der Waals surface area contributed by atoms with Gasteiger partial charge in [-0.2, -0.15) is 0 Å². The number of rotatable bonds is 4. The number of methoxy groups -OCH3 is 2. The van der Waals surface area contributed by atoms with Gasteiger partial charge >= 0.3 is 5.97 Å². The zero-order valence-electron chi connectivity index (χ0n) is 11.3. The number of hydrogen-bond acceptors (Lipinski definition) is 3. The van der Waals surface area contributed by atoms with E-state index in [0.29, 0.717) is 12.2 Å². The standard InChI is InChI=1S/C15H17NO3/c1-4-16-13(8-9-14(16)15(17)19-3)11-6-5-7-12(10-11)18-2/h5-10H,4H2,1-3H3. The Hall–Kier alpha value is -2.23. The number of ether oxygens (including phenoxy) is 2. The predicted octanol–water partition coefficient (Wildman–Crippen LogP) is 2.97. The van der Waals surface area contributed by atoms with E-state index in [1.54, 1.807) is 13.2 Å². The van der Waals surface area contributed by atoms with Crippen LogP contribution in [0.1, 0.15) is 17.4 Å². The molecule has 100 valence electrons. The average molecular weight is 259 g/mol. The number of carbonyl (C=O) groups is 1. The van der Waals surface area contributed by atoms with Gasteiger partial charge in [-0.3, -0.25) is 0 Å². The molecule has 1 aromatic carbocycles. The Morgan fingerprint density at radius 3 is 2.63 bits per heavy atom. The molecule has 2 aromatic rings. The number of nitrogens with zero attached hydrogens (tertiary/aromatic N) is 1. The van der Waals surface area contributed by atoms with Crippen LogP contribution in [0, 0.1) is 0 Å². The van der Waals surface area contributed by atoms with Crippen LogP contribution in [0.15, 0.2) is 36.4 Å². The van der Waals surface area contributed by atoms with E-state index in [1.165, 1.54) is 7.11 Å². The molecule has 0 aliphatic carbocycles. The lowest BCUT2D eigenvalue weighted by molar-refractivity contribution is 0.0589. The van der Waals surface area contributed by atoms with Crippen molar-refractivity contribution in [3.63, 3.8) is 0 Å². The van der Waals surface area contributed by atoms with E-state index in [2.05, 4.69) is 0 Å². The van der Waals surface area contributed by atoms with Crippen molar-refractivity contribution in [2.75, 3.05) is 14.2 Å². The Morgan fingerprint density at radius 1 is 1.21 bits per heavy atom. The molecule has 0 radical (unpaired) electrons. The lowest BCUT2D eigenvalue weighted by Crippen LogP contribution is -2.10. The molecule has 0 fully saturated rings. The number of benzene rings is 1. The maximum absolute atomic E-state index is 11.7. The van der Waals surface area contributed by atoms with Crippen molar-refractivity contribution in [3.05, 3.63) is 42.1 Å². The summed E-state index contributed by atoms with van der Waals surface area (Å²) in [7, 11) is 3.03. The fraction of sp³-hybridized carbons (Fsp3) is 0.267. The SMILES string of the molecule is CCn1c(C(=O)OC)ccc1-c1cccc(OC)c1. The van der Waals surface area contributed by atoms with Gasteiger partial charge in [0.15, 0.2) is 0 Å². The first-order valence-corrected chi connectivity index (χ1v) is 6.13. The van der Waals surface area contributed by atoms with Crippen LogP contribution in [0.25, 0.3) is 11.3 Å². The third-order valence-corrected chi connectivity index (χ3v) is 3.06. The van der Waals surface area contributed by atoms with Crippen LogP contribution in [0.5, 0.6) is 5.75 Å². The summed E-state index contributed by atoms with van der Waals surface area (Å²) in [5.74, 6) is 0.469. The Kier molecular flexibility index (Phi) is 3.90. The zero-order valence-corrected chi connectivity index (χ0v) is 11.3. The Balaban J connectivity index is 2.50. The first-order chi connectivity index (χ1) is 9.21. The molecule has 0 spiro atoms. The predicted molar refractivity (Wildman–Crippen MR) is 73.4 cm³/mol. The minimum Gasteiger partial charge on any atom is -0.497 e. The molecule has 0 amide bonds. The molecule has 19 heavy (non-hydrogen) atoms. The van der Waals surface area contributed by atoms with E-state index >= 15 is 0 Å². The molecule has 2 rings (SSSR count). The maximum atomic E-state index is 11.7. The van der Waals surface area contributed by atoms with E-state index in [1.807, 2.05) is 41.8 Å². The first kappa shape index (κ1) is 13.2. The highest BCUT2D eigenvalue weighted by Crippen LogP contribution is 2.26. The second-order valence-electron chi connectivity index (χ2n) is 4.07. The van der Waals surface area contributed by atoms with Gasteiger partial charge < -0.3 is 14.0 Å². The van der Waals surface area contributed by atoms with Crippen LogP contribution in [0.3, 0.4) is 0 Å². The molecule has 0 saturated carbocycles. The highest BCUT2D eigenvalue weighted by molar-refractivity contribution is 5.89. The van der Waals surface area contributed by atoms with Gasteiger partial charge in [-0.25, -0.2) is 4.79 Å². The average Bonchev–Trinajstić information content (AvgIpc) is 2.90. The number of aromatic nitrogens is 1. The third-order valence-electron chi connectivity index (χ3n) is 3.06. The largest absolute Gasteiger partial charge is 0.497 e. The summed E-state index contributed by atoms with van der Waals surface area (Å²) in [4.78, 5) is 11.7. The fourth-order valence-electron chi connectivity index (χ4n) is 2.13. The fourth-order valence-corrected chi connectivity index (χ4v) is 2.13. The molecule has 4 nitrogen and oxygen atoms in total. The molecule has 0 bridgehead atoms. The van der Waals surface area contributed by atoms with E-state index < -0.39 is 0 Å². The monoisotopic (exact) mass is 259 g/mol. The lowest BCUT2D eigenvalue weighted by Gasteiger charge is -2.11. The summed E-state index contributed by atoms with van der Waals surface area (Å²) in [6.07, 6.45) is 0. The van der Waals surface area contributed by atoms with E-state index in [9.17, 15) is 4.79 Å². The van der Waals surface area contributed by atoms with Crippen molar-refractivity contribution in [2.45, 2.75) is 13.5 Å². The van der Waals surface area contributed by atoms with Crippen LogP contribution in [-0.4, -0.2) is 24.8 Å². The van der Waals surface area contributed by atoms with Gasteiger partial charge in [0.1, 0.15) is 11.4 Å². The normalized spacial score (nSPS) is 10.3. The highest BCUT2D eigenvalue weighted by Gasteiger charge is 2.15. The molecule has 0 N–H and O–H groups in total. The maximum Gasteiger partial charge on any atom is 0.354 e. The summed E-state index contributed by atoms with van der Waals surface area (Å²) < 4.78 is 11.9. The van der Waals surface area contributed by atoms with Crippen molar-refractivity contribution in [1.82, 2.24) is 4.57 Å². The molecule has 0 aliphatic heterocycles. The van der Waals surface area contributed by atoms with Crippen molar-refractivity contribution < 1.29 is 14.3 Å². The van der Waals surface area contributed by atoms with Crippen molar-refractivity contribution >= 4 is 5.97 Å². The zero-order chi connectivity index (χ0) is 13.8. The molecule has 0 saturated heterocycles. The van der Waals surface area contributed by atoms with Gasteiger partial charge in [-0.05, 0) is 31.2 Å². The quantitative estimate of drug-likeness (QED) is 0.792. The summed E-state index contributed by atoms with van der Waals surface area (Å²) in [5.41, 5.74) is 2.54.